The van der Waals surface area contributed by atoms with Crippen LogP contribution in [0.3, 0.4) is 0 Å². The Morgan fingerprint density at radius 3 is 2.90 bits per heavy atom. The van der Waals surface area contributed by atoms with Crippen LogP contribution in [0.15, 0.2) is 17.5 Å². The summed E-state index contributed by atoms with van der Waals surface area (Å²) in [5, 5.41) is 1.70. The predicted octanol–water partition coefficient (Wildman–Crippen LogP) is 2.47. The average Bonchev–Trinajstić information content (AvgIpc) is 2.36. The molecule has 0 aliphatic rings. The van der Waals surface area contributed by atoms with Crippen LogP contribution in [0, 0.1) is 0 Å². The molecule has 1 heterocycles. The summed E-state index contributed by atoms with van der Waals surface area (Å²) in [7, 11) is 0. The molecule has 0 bridgehead atoms. The predicted molar refractivity (Wildman–Crippen MR) is 39.4 cm³/mol. The number of halogens is 2. The van der Waals surface area contributed by atoms with Gasteiger partial charge < -0.3 is 0 Å². The van der Waals surface area contributed by atoms with Crippen LogP contribution in [0.4, 0.5) is 4.39 Å². The van der Waals surface area contributed by atoms with Crippen LogP contribution in [-0.2, 0) is 0 Å². The van der Waals surface area contributed by atoms with E-state index in [-0.39, 0.29) is 0 Å². The number of Topliss-reactive ketones (excluding diaryl/α,β-unsaturated/α-hetero) is 1. The third kappa shape index (κ3) is 1.55. The first-order valence-corrected chi connectivity index (χ1v) is 3.89. The van der Waals surface area contributed by atoms with Crippen LogP contribution >= 0.6 is 22.9 Å². The van der Waals surface area contributed by atoms with Gasteiger partial charge in [-0.3, -0.25) is 4.79 Å². The van der Waals surface area contributed by atoms with E-state index in [0.717, 1.165) is 0 Å². The molecule has 0 fully saturated rings. The van der Waals surface area contributed by atoms with Crippen molar-refractivity contribution in [2.24, 2.45) is 0 Å². The van der Waals surface area contributed by atoms with E-state index in [1.807, 2.05) is 0 Å². The summed E-state index contributed by atoms with van der Waals surface area (Å²) >= 11 is 6.10. The minimum Gasteiger partial charge on any atom is -0.288 e. The van der Waals surface area contributed by atoms with Crippen molar-refractivity contribution < 1.29 is 9.18 Å². The highest BCUT2D eigenvalue weighted by Crippen LogP contribution is 2.14. The van der Waals surface area contributed by atoms with Gasteiger partial charge in [0.25, 0.3) is 0 Å². The molecule has 0 aliphatic carbocycles. The molecule has 0 spiro atoms. The van der Waals surface area contributed by atoms with Crippen LogP contribution in [0.2, 0.25) is 0 Å². The quantitative estimate of drug-likeness (QED) is 0.502. The number of carbonyl (C=O) groups is 1. The van der Waals surface area contributed by atoms with Gasteiger partial charge in [-0.05, 0) is 11.4 Å². The van der Waals surface area contributed by atoms with Crippen molar-refractivity contribution in [2.75, 3.05) is 0 Å². The molecular weight excluding hydrogens is 175 g/mol. The summed E-state index contributed by atoms with van der Waals surface area (Å²) in [4.78, 5) is 11.1. The lowest BCUT2D eigenvalue weighted by molar-refractivity contribution is 0.0938. The summed E-state index contributed by atoms with van der Waals surface area (Å²) in [6.45, 7) is 0. The number of rotatable bonds is 2. The van der Waals surface area contributed by atoms with Crippen molar-refractivity contribution in [3.63, 3.8) is 0 Å². The van der Waals surface area contributed by atoms with Crippen molar-refractivity contribution in [2.45, 2.75) is 5.63 Å². The molecule has 1 unspecified atom stereocenters. The average molecular weight is 179 g/mol. The van der Waals surface area contributed by atoms with Gasteiger partial charge in [0.05, 0.1) is 4.88 Å². The first-order chi connectivity index (χ1) is 4.72. The van der Waals surface area contributed by atoms with E-state index in [2.05, 4.69) is 0 Å². The SMILES string of the molecule is O=C(c1cccs1)C(F)Cl. The monoisotopic (exact) mass is 178 g/mol. The smallest absolute Gasteiger partial charge is 0.236 e. The molecule has 1 rings (SSSR count). The molecule has 1 nitrogen and oxygen atoms in total. The molecule has 0 saturated heterocycles. The Kier molecular flexibility index (Phi) is 2.40. The zero-order valence-corrected chi connectivity index (χ0v) is 6.45. The number of hydrogen-bond donors (Lipinski definition) is 0. The molecule has 54 valence electrons. The van der Waals surface area contributed by atoms with Crippen molar-refractivity contribution in [3.05, 3.63) is 22.4 Å². The molecule has 4 heteroatoms. The fourth-order valence-electron chi connectivity index (χ4n) is 0.526. The minimum atomic E-state index is -1.90. The zero-order valence-electron chi connectivity index (χ0n) is 4.88. The second kappa shape index (κ2) is 3.12. The highest BCUT2D eigenvalue weighted by Gasteiger charge is 2.15. The number of alkyl halides is 2. The maximum absolute atomic E-state index is 12.1. The van der Waals surface area contributed by atoms with Crippen LogP contribution in [0.5, 0.6) is 0 Å². The van der Waals surface area contributed by atoms with Crippen LogP contribution in [0.25, 0.3) is 0 Å². The molecule has 10 heavy (non-hydrogen) atoms. The number of carbonyl (C=O) groups excluding carboxylic acids is 1. The third-order valence-electron chi connectivity index (χ3n) is 0.962. The standard InChI is InChI=1S/C6H4ClFOS/c7-6(8)5(9)4-2-1-3-10-4/h1-3,6H. The fraction of sp³-hybridized carbons (Fsp3) is 0.167. The molecule has 0 amide bonds. The first kappa shape index (κ1) is 7.69. The lowest BCUT2D eigenvalue weighted by Gasteiger charge is -1.92. The summed E-state index contributed by atoms with van der Waals surface area (Å²) in [5.41, 5.74) is -1.90. The Bertz CT molecular complexity index is 220. The second-order valence-corrected chi connectivity index (χ2v) is 2.97. The normalized spacial score (nSPS) is 13.0. The Morgan fingerprint density at radius 2 is 2.50 bits per heavy atom. The molecule has 1 aromatic heterocycles. The number of ketones is 1. The van der Waals surface area contributed by atoms with Gasteiger partial charge in [-0.15, -0.1) is 11.3 Å². The second-order valence-electron chi connectivity index (χ2n) is 1.64. The van der Waals surface area contributed by atoms with Crippen LogP contribution in [0.1, 0.15) is 9.67 Å². The summed E-state index contributed by atoms with van der Waals surface area (Å²) in [6.07, 6.45) is 0. The number of thiophene rings is 1. The van der Waals surface area contributed by atoms with Crippen LogP contribution < -0.4 is 0 Å². The molecule has 0 saturated carbocycles. The Morgan fingerprint density at radius 1 is 1.80 bits per heavy atom. The molecular formula is C6H4ClFOS. The van der Waals surface area contributed by atoms with Gasteiger partial charge in [0, 0.05) is 0 Å². The van der Waals surface area contributed by atoms with Gasteiger partial charge in [0.15, 0.2) is 0 Å². The molecule has 1 atom stereocenters. The van der Waals surface area contributed by atoms with Gasteiger partial charge >= 0.3 is 0 Å². The van der Waals surface area contributed by atoms with E-state index in [1.165, 1.54) is 11.3 Å². The van der Waals surface area contributed by atoms with Crippen molar-refractivity contribution in [3.8, 4) is 0 Å². The van der Waals surface area contributed by atoms with Crippen molar-refractivity contribution >= 4 is 28.7 Å². The Labute approximate surface area is 66.4 Å². The van der Waals surface area contributed by atoms with E-state index in [4.69, 9.17) is 11.6 Å². The van der Waals surface area contributed by atoms with Gasteiger partial charge in [0.2, 0.25) is 11.4 Å². The van der Waals surface area contributed by atoms with E-state index in [9.17, 15) is 9.18 Å². The Balaban J connectivity index is 2.78. The number of hydrogen-bond acceptors (Lipinski definition) is 2. The van der Waals surface area contributed by atoms with Crippen LogP contribution in [-0.4, -0.2) is 11.4 Å². The molecule has 0 aromatic carbocycles. The molecule has 0 aliphatic heterocycles. The fourth-order valence-corrected chi connectivity index (χ4v) is 1.39. The van der Waals surface area contributed by atoms with E-state index in [0.29, 0.717) is 4.88 Å². The van der Waals surface area contributed by atoms with E-state index >= 15 is 0 Å². The van der Waals surface area contributed by atoms with E-state index < -0.39 is 11.4 Å². The first-order valence-electron chi connectivity index (χ1n) is 2.57. The highest BCUT2D eigenvalue weighted by atomic mass is 35.5. The van der Waals surface area contributed by atoms with E-state index in [1.54, 1.807) is 17.5 Å². The highest BCUT2D eigenvalue weighted by molar-refractivity contribution is 7.12. The lowest BCUT2D eigenvalue weighted by atomic mass is 10.3. The summed E-state index contributed by atoms with van der Waals surface area (Å²) < 4.78 is 12.1. The summed E-state index contributed by atoms with van der Waals surface area (Å²) in [6, 6.07) is 3.22. The molecule has 0 radical (unpaired) electrons. The molecule has 1 aromatic rings. The van der Waals surface area contributed by atoms with Gasteiger partial charge in [0.1, 0.15) is 0 Å². The summed E-state index contributed by atoms with van der Waals surface area (Å²) in [5.74, 6) is -0.656. The lowest BCUT2D eigenvalue weighted by Crippen LogP contribution is -2.06. The van der Waals surface area contributed by atoms with Gasteiger partial charge in [-0.2, -0.15) is 0 Å². The maximum atomic E-state index is 12.1. The van der Waals surface area contributed by atoms with Crippen molar-refractivity contribution in [1.29, 1.82) is 0 Å². The molecule has 0 N–H and O–H groups in total. The van der Waals surface area contributed by atoms with Gasteiger partial charge in [-0.25, -0.2) is 4.39 Å². The maximum Gasteiger partial charge on any atom is 0.236 e. The van der Waals surface area contributed by atoms with Gasteiger partial charge in [-0.1, -0.05) is 17.7 Å². The Hall–Kier alpha value is -0.410. The minimum absolute atomic E-state index is 0.363. The zero-order chi connectivity index (χ0) is 7.56. The third-order valence-corrected chi connectivity index (χ3v) is 2.04. The topological polar surface area (TPSA) is 17.1 Å². The largest absolute Gasteiger partial charge is 0.288 e. The van der Waals surface area contributed by atoms with Crippen molar-refractivity contribution in [1.82, 2.24) is 0 Å².